The van der Waals surface area contributed by atoms with Crippen LogP contribution in [0, 0.1) is 0 Å². The molecule has 194 valence electrons. The monoisotopic (exact) mass is 509 g/mol. The first-order valence-corrected chi connectivity index (χ1v) is 11.5. The second-order valence-corrected chi connectivity index (χ2v) is 8.50. The number of amides is 3. The Labute approximate surface area is 204 Å². The number of nitrogens with one attached hydrogen (secondary N) is 2. The predicted octanol–water partition coefficient (Wildman–Crippen LogP) is 2.33. The summed E-state index contributed by atoms with van der Waals surface area (Å²) < 4.78 is 44.0. The van der Waals surface area contributed by atoms with Crippen molar-refractivity contribution in [1.29, 1.82) is 0 Å². The van der Waals surface area contributed by atoms with Gasteiger partial charge in [-0.25, -0.2) is 9.78 Å². The molecular formula is C22H26F3N7O4. The molecule has 11 nitrogen and oxygen atoms in total. The summed E-state index contributed by atoms with van der Waals surface area (Å²) in [5.41, 5.74) is 0.383. The summed E-state index contributed by atoms with van der Waals surface area (Å²) in [4.78, 5) is 33.5. The maximum absolute atomic E-state index is 13.3. The van der Waals surface area contributed by atoms with E-state index in [0.717, 1.165) is 19.9 Å². The van der Waals surface area contributed by atoms with Crippen molar-refractivity contribution in [2.75, 3.05) is 41.4 Å². The number of pyridine rings is 1. The Kier molecular flexibility index (Phi) is 7.43. The van der Waals surface area contributed by atoms with Crippen LogP contribution in [0.2, 0.25) is 0 Å². The summed E-state index contributed by atoms with van der Waals surface area (Å²) in [6.45, 7) is 2.39. The number of ether oxygens (including phenoxy) is 1. The first-order valence-electron chi connectivity index (χ1n) is 11.5. The van der Waals surface area contributed by atoms with Gasteiger partial charge in [-0.2, -0.15) is 13.2 Å². The molecule has 3 amide bonds. The molecule has 4 heterocycles. The molecule has 0 spiro atoms. The Morgan fingerprint density at radius 1 is 1.25 bits per heavy atom. The lowest BCUT2D eigenvalue weighted by atomic mass is 9.99. The number of nitrogens with zero attached hydrogens (tertiary/aromatic N) is 5. The van der Waals surface area contributed by atoms with Gasteiger partial charge in [0.2, 0.25) is 5.88 Å². The molecule has 2 aliphatic heterocycles. The van der Waals surface area contributed by atoms with Crippen LogP contribution in [0.25, 0.3) is 0 Å². The molecule has 36 heavy (non-hydrogen) atoms. The Balaban J connectivity index is 1.55. The molecule has 1 saturated heterocycles. The highest BCUT2D eigenvalue weighted by Crippen LogP contribution is 2.38. The van der Waals surface area contributed by atoms with Crippen molar-refractivity contribution in [2.24, 2.45) is 0 Å². The third kappa shape index (κ3) is 5.58. The van der Waals surface area contributed by atoms with Crippen LogP contribution >= 0.6 is 0 Å². The minimum Gasteiger partial charge on any atom is -0.477 e. The first kappa shape index (κ1) is 25.4. The van der Waals surface area contributed by atoms with Crippen LogP contribution in [0.4, 0.5) is 35.3 Å². The second kappa shape index (κ2) is 10.5. The minimum atomic E-state index is -4.60. The maximum Gasteiger partial charge on any atom is 0.408 e. The zero-order valence-electron chi connectivity index (χ0n) is 19.5. The van der Waals surface area contributed by atoms with Crippen molar-refractivity contribution in [2.45, 2.75) is 44.4 Å². The summed E-state index contributed by atoms with van der Waals surface area (Å²) in [5, 5.41) is 21.2. The number of alkyl halides is 3. The summed E-state index contributed by atoms with van der Waals surface area (Å²) in [7, 11) is 0. The van der Waals surface area contributed by atoms with E-state index in [-0.39, 0.29) is 42.5 Å². The number of piperidine rings is 1. The van der Waals surface area contributed by atoms with E-state index in [9.17, 15) is 22.8 Å². The molecule has 0 aliphatic carbocycles. The smallest absolute Gasteiger partial charge is 0.408 e. The number of urea groups is 1. The summed E-state index contributed by atoms with van der Waals surface area (Å²) >= 11 is 0. The van der Waals surface area contributed by atoms with Gasteiger partial charge in [0.1, 0.15) is 11.7 Å². The summed E-state index contributed by atoms with van der Waals surface area (Å²) in [6, 6.07) is 3.11. The topological polar surface area (TPSA) is 133 Å². The van der Waals surface area contributed by atoms with Crippen molar-refractivity contribution < 1.29 is 32.6 Å². The van der Waals surface area contributed by atoms with E-state index in [0.29, 0.717) is 25.1 Å². The van der Waals surface area contributed by atoms with Crippen LogP contribution < -0.4 is 25.2 Å². The lowest BCUT2D eigenvalue weighted by molar-refractivity contribution is -0.149. The van der Waals surface area contributed by atoms with Gasteiger partial charge in [-0.05, 0) is 38.0 Å². The quantitative estimate of drug-likeness (QED) is 0.485. The van der Waals surface area contributed by atoms with Gasteiger partial charge in [0, 0.05) is 32.2 Å². The van der Waals surface area contributed by atoms with Crippen molar-refractivity contribution in [1.82, 2.24) is 20.5 Å². The van der Waals surface area contributed by atoms with E-state index in [2.05, 4.69) is 20.5 Å². The van der Waals surface area contributed by atoms with Gasteiger partial charge >= 0.3 is 12.2 Å². The van der Waals surface area contributed by atoms with E-state index in [1.165, 1.54) is 23.1 Å². The maximum atomic E-state index is 13.3. The van der Waals surface area contributed by atoms with Crippen molar-refractivity contribution in [3.05, 3.63) is 30.0 Å². The molecule has 4 rings (SSSR count). The highest BCUT2D eigenvalue weighted by molar-refractivity contribution is 6.04. The molecule has 0 aromatic carbocycles. The minimum absolute atomic E-state index is 0.0176. The van der Waals surface area contributed by atoms with E-state index in [1.54, 1.807) is 6.07 Å². The number of rotatable bonds is 7. The molecule has 1 fully saturated rings. The lowest BCUT2D eigenvalue weighted by Crippen LogP contribution is -2.56. The number of hydrogen-bond donors (Lipinski definition) is 3. The third-order valence-corrected chi connectivity index (χ3v) is 5.90. The Morgan fingerprint density at radius 3 is 2.75 bits per heavy atom. The van der Waals surface area contributed by atoms with E-state index in [1.807, 2.05) is 10.2 Å². The fraction of sp³-hybridized carbons (Fsp3) is 0.500. The second-order valence-electron chi connectivity index (χ2n) is 8.50. The number of fused-ring (bicyclic) bond motifs is 4. The summed E-state index contributed by atoms with van der Waals surface area (Å²) in [5.74, 6) is -0.413. The Hall–Kier alpha value is -3.68. The number of hydrogen-bond acceptors (Lipinski definition) is 8. The largest absolute Gasteiger partial charge is 0.477 e. The number of aliphatic hydroxyl groups excluding tert-OH is 1. The molecule has 2 bridgehead atoms. The molecule has 2 aromatic rings. The molecule has 0 radical (unpaired) electrons. The van der Waals surface area contributed by atoms with Gasteiger partial charge in [0.15, 0.2) is 11.6 Å². The zero-order valence-corrected chi connectivity index (χ0v) is 19.5. The molecule has 2 atom stereocenters. The van der Waals surface area contributed by atoms with Crippen LogP contribution in [-0.4, -0.2) is 76.8 Å². The Morgan fingerprint density at radius 2 is 2.06 bits per heavy atom. The van der Waals surface area contributed by atoms with Crippen LogP contribution in [-0.2, 0) is 0 Å². The SMILES string of the molecule is C[C@@H](NC(=O)c1ccc2c(n1)N(C(=O)Nc1ccc(OCCCO)nn1)[C@H]1CCCN2C1)C(F)(F)F. The highest BCUT2D eigenvalue weighted by Gasteiger charge is 2.40. The number of carbonyl (C=O) groups excluding carboxylic acids is 2. The average Bonchev–Trinajstić information content (AvgIpc) is 2.84. The predicted molar refractivity (Wildman–Crippen MR) is 123 cm³/mol. The first-order chi connectivity index (χ1) is 17.2. The number of halogens is 3. The number of anilines is 3. The standard InChI is InChI=1S/C22H26F3N7O4/c1-13(22(23,24)25)26-20(34)15-5-6-16-19(27-15)32(14-4-2-9-31(16)12-14)21(35)28-17-7-8-18(30-29-17)36-11-3-10-33/h5-8,13-14,33H,2-4,9-12H2,1H3,(H,26,34)(H,28,29,35)/t13-,14+/m1/s1. The lowest BCUT2D eigenvalue weighted by Gasteiger charge is -2.45. The normalized spacial score (nSPS) is 17.8. The average molecular weight is 509 g/mol. The summed E-state index contributed by atoms with van der Waals surface area (Å²) in [6.07, 6.45) is -2.64. The molecule has 2 aromatic heterocycles. The number of carbonyl (C=O) groups is 2. The van der Waals surface area contributed by atoms with Gasteiger partial charge in [-0.15, -0.1) is 10.2 Å². The number of aromatic nitrogens is 3. The van der Waals surface area contributed by atoms with Crippen molar-refractivity contribution in [3.63, 3.8) is 0 Å². The molecule has 3 N–H and O–H groups in total. The van der Waals surface area contributed by atoms with Gasteiger partial charge in [0.25, 0.3) is 5.91 Å². The van der Waals surface area contributed by atoms with E-state index >= 15 is 0 Å². The van der Waals surface area contributed by atoms with Gasteiger partial charge in [-0.1, -0.05) is 0 Å². The zero-order chi connectivity index (χ0) is 25.9. The molecule has 0 unspecified atom stereocenters. The van der Waals surface area contributed by atoms with Crippen LogP contribution in [0.15, 0.2) is 24.3 Å². The van der Waals surface area contributed by atoms with Gasteiger partial charge in [-0.3, -0.25) is 15.0 Å². The fourth-order valence-corrected chi connectivity index (χ4v) is 4.04. The van der Waals surface area contributed by atoms with Crippen LogP contribution in [0.3, 0.4) is 0 Å². The molecule has 0 saturated carbocycles. The van der Waals surface area contributed by atoms with Crippen LogP contribution in [0.5, 0.6) is 5.88 Å². The van der Waals surface area contributed by atoms with Crippen molar-refractivity contribution in [3.8, 4) is 5.88 Å². The molecular weight excluding hydrogens is 483 g/mol. The van der Waals surface area contributed by atoms with Crippen molar-refractivity contribution >= 4 is 29.3 Å². The molecule has 14 heteroatoms. The highest BCUT2D eigenvalue weighted by atomic mass is 19.4. The Bertz CT molecular complexity index is 1100. The number of aliphatic hydroxyl groups is 1. The van der Waals surface area contributed by atoms with Crippen LogP contribution in [0.1, 0.15) is 36.7 Å². The van der Waals surface area contributed by atoms with Gasteiger partial charge in [0.05, 0.1) is 18.3 Å². The third-order valence-electron chi connectivity index (χ3n) is 5.90. The van der Waals surface area contributed by atoms with Gasteiger partial charge < -0.3 is 20.1 Å². The molecule has 2 aliphatic rings. The van der Waals surface area contributed by atoms with E-state index < -0.39 is 24.2 Å². The fourth-order valence-electron chi connectivity index (χ4n) is 4.04. The van der Waals surface area contributed by atoms with E-state index in [4.69, 9.17) is 9.84 Å².